The molecule has 0 aliphatic heterocycles. The van der Waals surface area contributed by atoms with Crippen molar-refractivity contribution in [1.29, 1.82) is 0 Å². The monoisotopic (exact) mass is 404 g/mol. The second-order valence-corrected chi connectivity index (χ2v) is 6.18. The fourth-order valence-electron chi connectivity index (χ4n) is 2.09. The van der Waals surface area contributed by atoms with E-state index >= 15 is 0 Å². The van der Waals surface area contributed by atoms with Gasteiger partial charge in [0.05, 0.1) is 6.61 Å². The van der Waals surface area contributed by atoms with E-state index in [1.54, 1.807) is 12.1 Å². The molecule has 0 saturated heterocycles. The molecule has 7 heteroatoms. The summed E-state index contributed by atoms with van der Waals surface area (Å²) in [6.45, 7) is 3.65. The Kier molecular flexibility index (Phi) is 8.77. The molecule has 0 aliphatic rings. The van der Waals surface area contributed by atoms with Gasteiger partial charge in [-0.15, -0.1) is 0 Å². The molecule has 142 valence electrons. The predicted octanol–water partition coefficient (Wildman–Crippen LogP) is 4.28. The summed E-state index contributed by atoms with van der Waals surface area (Å²) >= 11 is 11.2. The zero-order valence-electron chi connectivity index (χ0n) is 14.9. The lowest BCUT2D eigenvalue weighted by molar-refractivity contribution is -0.115. The molecule has 0 aliphatic carbocycles. The molecule has 2 N–H and O–H groups in total. The highest BCUT2D eigenvalue weighted by atomic mass is 35.5. The van der Waals surface area contributed by atoms with Crippen molar-refractivity contribution >= 4 is 46.6 Å². The van der Waals surface area contributed by atoms with E-state index in [1.165, 1.54) is 6.08 Å². The number of hydrogen-bond acceptors (Lipinski definition) is 4. The van der Waals surface area contributed by atoms with Crippen LogP contribution in [-0.2, 0) is 9.53 Å². The van der Waals surface area contributed by atoms with Gasteiger partial charge in [-0.25, -0.2) is 0 Å². The maximum Gasteiger partial charge on any atom is 0.250 e. The molecule has 2 rings (SSSR count). The smallest absolute Gasteiger partial charge is 0.250 e. The van der Waals surface area contributed by atoms with Crippen LogP contribution in [0.4, 0.5) is 5.69 Å². The Bertz CT molecular complexity index is 794. The second-order valence-electron chi connectivity index (χ2n) is 5.37. The van der Waals surface area contributed by atoms with Crippen LogP contribution < -0.4 is 15.4 Å². The van der Waals surface area contributed by atoms with Gasteiger partial charge in [0, 0.05) is 23.4 Å². The number of carbonyl (C=O) groups is 1. The van der Waals surface area contributed by atoms with E-state index in [9.17, 15) is 4.79 Å². The van der Waals surface area contributed by atoms with Gasteiger partial charge in [-0.05, 0) is 61.1 Å². The van der Waals surface area contributed by atoms with Crippen LogP contribution in [0, 0.1) is 0 Å². The number of carbonyl (C=O) groups excluding carboxylic acids is 1. The molecule has 0 heterocycles. The Morgan fingerprint density at radius 1 is 1.15 bits per heavy atom. The predicted molar refractivity (Wildman–Crippen MR) is 113 cm³/mol. The molecular weight excluding hydrogens is 384 g/mol. The van der Waals surface area contributed by atoms with Gasteiger partial charge in [0.1, 0.15) is 12.4 Å². The van der Waals surface area contributed by atoms with Crippen LogP contribution in [0.3, 0.4) is 0 Å². The molecule has 1 amide bonds. The van der Waals surface area contributed by atoms with Crippen LogP contribution in [0.1, 0.15) is 12.5 Å². The lowest BCUT2D eigenvalue weighted by Gasteiger charge is -2.10. The van der Waals surface area contributed by atoms with Crippen molar-refractivity contribution < 1.29 is 14.3 Å². The summed E-state index contributed by atoms with van der Waals surface area (Å²) in [5.41, 5.74) is 1.50. The van der Waals surface area contributed by atoms with Crippen molar-refractivity contribution in [3.63, 3.8) is 0 Å². The minimum atomic E-state index is -0.344. The number of rotatable bonds is 8. The van der Waals surface area contributed by atoms with Crippen LogP contribution in [0.15, 0.2) is 54.6 Å². The molecule has 0 radical (unpaired) electrons. The first-order chi connectivity index (χ1) is 13.1. The highest BCUT2D eigenvalue weighted by Gasteiger charge is 2.03. The number of halogens is 1. The maximum atomic E-state index is 12.0. The Labute approximate surface area is 169 Å². The molecular formula is C20H21ClN2O3S. The fraction of sp³-hybridized carbons (Fsp3) is 0.200. The molecule has 0 bridgehead atoms. The molecule has 0 unspecified atom stereocenters. The van der Waals surface area contributed by atoms with Gasteiger partial charge in [-0.1, -0.05) is 29.8 Å². The third kappa shape index (κ3) is 7.78. The van der Waals surface area contributed by atoms with Crippen LogP contribution in [0.25, 0.3) is 6.08 Å². The number of benzene rings is 2. The molecule has 0 aromatic heterocycles. The SMILES string of the molecule is CCOCCOc1ccc(NC(=S)NC(=O)/C=C/c2ccccc2Cl)cc1. The van der Waals surface area contributed by atoms with Crippen LogP contribution in [-0.4, -0.2) is 30.8 Å². The van der Waals surface area contributed by atoms with Crippen molar-refractivity contribution in [2.24, 2.45) is 0 Å². The summed E-state index contributed by atoms with van der Waals surface area (Å²) in [7, 11) is 0. The van der Waals surface area contributed by atoms with Gasteiger partial charge in [-0.3, -0.25) is 10.1 Å². The summed E-state index contributed by atoms with van der Waals surface area (Å²) in [6.07, 6.45) is 3.01. The Morgan fingerprint density at radius 3 is 2.59 bits per heavy atom. The number of ether oxygens (including phenoxy) is 2. The van der Waals surface area contributed by atoms with E-state index in [4.69, 9.17) is 33.3 Å². The van der Waals surface area contributed by atoms with Crippen LogP contribution in [0.2, 0.25) is 5.02 Å². The Balaban J connectivity index is 1.79. The van der Waals surface area contributed by atoms with Gasteiger partial charge >= 0.3 is 0 Å². The van der Waals surface area contributed by atoms with E-state index in [2.05, 4.69) is 10.6 Å². The summed E-state index contributed by atoms with van der Waals surface area (Å²) in [6, 6.07) is 14.5. The molecule has 0 fully saturated rings. The first kappa shape index (κ1) is 20.9. The number of anilines is 1. The van der Waals surface area contributed by atoms with Crippen LogP contribution in [0.5, 0.6) is 5.75 Å². The van der Waals surface area contributed by atoms with E-state index in [-0.39, 0.29) is 11.0 Å². The van der Waals surface area contributed by atoms with Gasteiger partial charge in [-0.2, -0.15) is 0 Å². The summed E-state index contributed by atoms with van der Waals surface area (Å²) in [5, 5.41) is 6.31. The summed E-state index contributed by atoms with van der Waals surface area (Å²) in [4.78, 5) is 12.0. The average molecular weight is 405 g/mol. The molecule has 27 heavy (non-hydrogen) atoms. The van der Waals surface area contributed by atoms with Crippen LogP contribution >= 0.6 is 23.8 Å². The zero-order chi connectivity index (χ0) is 19.5. The third-order valence-electron chi connectivity index (χ3n) is 3.37. The minimum Gasteiger partial charge on any atom is -0.491 e. The number of amides is 1. The topological polar surface area (TPSA) is 59.6 Å². The molecule has 5 nitrogen and oxygen atoms in total. The van der Waals surface area contributed by atoms with Gasteiger partial charge in [0.15, 0.2) is 5.11 Å². The molecule has 2 aromatic rings. The highest BCUT2D eigenvalue weighted by Crippen LogP contribution is 2.17. The molecule has 0 spiro atoms. The lowest BCUT2D eigenvalue weighted by Crippen LogP contribution is -2.32. The maximum absolute atomic E-state index is 12.0. The standard InChI is InChI=1S/C20H21ClN2O3S/c1-2-25-13-14-26-17-10-8-16(9-11-17)22-20(27)23-19(24)12-7-15-5-3-4-6-18(15)21/h3-12H,2,13-14H2,1H3,(H2,22,23,24,27)/b12-7+. The van der Waals surface area contributed by atoms with E-state index in [0.717, 1.165) is 17.0 Å². The highest BCUT2D eigenvalue weighted by molar-refractivity contribution is 7.80. The van der Waals surface area contributed by atoms with Crippen molar-refractivity contribution in [2.45, 2.75) is 6.92 Å². The minimum absolute atomic E-state index is 0.203. The van der Waals surface area contributed by atoms with Crippen molar-refractivity contribution in [3.8, 4) is 5.75 Å². The van der Waals surface area contributed by atoms with Gasteiger partial charge in [0.25, 0.3) is 0 Å². The summed E-state index contributed by atoms with van der Waals surface area (Å²) < 4.78 is 10.8. The molecule has 0 saturated carbocycles. The number of thiocarbonyl (C=S) groups is 1. The lowest BCUT2D eigenvalue weighted by atomic mass is 10.2. The molecule has 0 atom stereocenters. The second kappa shape index (κ2) is 11.3. The Hall–Kier alpha value is -2.41. The number of hydrogen-bond donors (Lipinski definition) is 2. The normalized spacial score (nSPS) is 10.6. The first-order valence-electron chi connectivity index (χ1n) is 8.43. The first-order valence-corrected chi connectivity index (χ1v) is 9.22. The van der Waals surface area contributed by atoms with Gasteiger partial charge < -0.3 is 14.8 Å². The van der Waals surface area contributed by atoms with E-state index in [0.29, 0.717) is 24.8 Å². The Morgan fingerprint density at radius 2 is 1.89 bits per heavy atom. The van der Waals surface area contributed by atoms with E-state index in [1.807, 2.05) is 49.4 Å². The van der Waals surface area contributed by atoms with Crippen molar-refractivity contribution in [3.05, 3.63) is 65.2 Å². The fourth-order valence-corrected chi connectivity index (χ4v) is 2.51. The van der Waals surface area contributed by atoms with E-state index < -0.39 is 0 Å². The van der Waals surface area contributed by atoms with Gasteiger partial charge in [0.2, 0.25) is 5.91 Å². The van der Waals surface area contributed by atoms with Crippen molar-refractivity contribution in [2.75, 3.05) is 25.1 Å². The van der Waals surface area contributed by atoms with Crippen molar-refractivity contribution in [1.82, 2.24) is 5.32 Å². The average Bonchev–Trinajstić information content (AvgIpc) is 2.66. The largest absolute Gasteiger partial charge is 0.491 e. The quantitative estimate of drug-likeness (QED) is 0.390. The third-order valence-corrected chi connectivity index (χ3v) is 3.92. The number of nitrogens with one attached hydrogen (secondary N) is 2. The molecule has 2 aromatic carbocycles. The summed E-state index contributed by atoms with van der Waals surface area (Å²) in [5.74, 6) is 0.390. The zero-order valence-corrected chi connectivity index (χ0v) is 16.5.